The van der Waals surface area contributed by atoms with Gasteiger partial charge < -0.3 is 4.90 Å². The van der Waals surface area contributed by atoms with Gasteiger partial charge in [0.25, 0.3) is 0 Å². The zero-order chi connectivity index (χ0) is 15.4. The van der Waals surface area contributed by atoms with Crippen LogP contribution in [0.2, 0.25) is 0 Å². The minimum atomic E-state index is 0.142. The average Bonchev–Trinajstić information content (AvgIpc) is 2.58. The third kappa shape index (κ3) is 2.49. The van der Waals surface area contributed by atoms with Crippen molar-refractivity contribution in [1.82, 2.24) is 0 Å². The van der Waals surface area contributed by atoms with Crippen molar-refractivity contribution in [3.8, 4) is 12.1 Å². The first-order valence-corrected chi connectivity index (χ1v) is 6.96. The first-order chi connectivity index (χ1) is 10.8. The lowest BCUT2D eigenvalue weighted by Crippen LogP contribution is -2.19. The second kappa shape index (κ2) is 5.99. The first kappa shape index (κ1) is 13.7. The van der Waals surface area contributed by atoms with Crippen molar-refractivity contribution >= 4 is 11.3 Å². The molecule has 0 amide bonds. The number of hydrogen-bond donors (Lipinski definition) is 0. The maximum atomic E-state index is 9.13. The Morgan fingerprint density at radius 3 is 2.32 bits per heavy atom. The minimum absolute atomic E-state index is 0.142. The summed E-state index contributed by atoms with van der Waals surface area (Å²) in [6.07, 6.45) is 3.77. The molecule has 2 aromatic carbocycles. The predicted octanol–water partition coefficient (Wildman–Crippen LogP) is 4.02. The van der Waals surface area contributed by atoms with Crippen LogP contribution in [-0.2, 0) is 6.54 Å². The Morgan fingerprint density at radius 2 is 1.59 bits per heavy atom. The fourth-order valence-corrected chi connectivity index (χ4v) is 2.57. The molecule has 1 aliphatic heterocycles. The van der Waals surface area contributed by atoms with Gasteiger partial charge >= 0.3 is 0 Å². The van der Waals surface area contributed by atoms with Crippen LogP contribution in [0.4, 0.5) is 5.69 Å². The quantitative estimate of drug-likeness (QED) is 0.782. The van der Waals surface area contributed by atoms with Gasteiger partial charge in [-0.05, 0) is 17.7 Å². The molecule has 0 aliphatic carbocycles. The molecule has 0 saturated heterocycles. The molecule has 3 heteroatoms. The molecule has 0 aromatic heterocycles. The van der Waals surface area contributed by atoms with Gasteiger partial charge in [-0.1, -0.05) is 48.5 Å². The molecular weight excluding hydrogens is 270 g/mol. The summed E-state index contributed by atoms with van der Waals surface area (Å²) in [5.41, 5.74) is 3.95. The highest BCUT2D eigenvalue weighted by Crippen LogP contribution is 2.35. The molecule has 1 heterocycles. The molecule has 22 heavy (non-hydrogen) atoms. The van der Waals surface area contributed by atoms with Crippen LogP contribution in [0.1, 0.15) is 11.1 Å². The summed E-state index contributed by atoms with van der Waals surface area (Å²) in [6.45, 7) is 0.746. The van der Waals surface area contributed by atoms with E-state index in [1.54, 1.807) is 0 Å². The third-order valence-electron chi connectivity index (χ3n) is 3.61. The second-order valence-electron chi connectivity index (χ2n) is 4.96. The summed E-state index contributed by atoms with van der Waals surface area (Å²) in [5.74, 6) is 0. The van der Waals surface area contributed by atoms with Crippen LogP contribution in [0.25, 0.3) is 5.57 Å². The summed E-state index contributed by atoms with van der Waals surface area (Å²) in [5, 5.41) is 18.3. The number of nitrogens with zero attached hydrogens (tertiary/aromatic N) is 3. The number of hydrogen-bond acceptors (Lipinski definition) is 3. The Bertz CT molecular complexity index is 817. The molecule has 0 unspecified atom stereocenters. The lowest BCUT2D eigenvalue weighted by Gasteiger charge is -2.27. The van der Waals surface area contributed by atoms with Crippen molar-refractivity contribution in [1.29, 1.82) is 10.5 Å². The van der Waals surface area contributed by atoms with Gasteiger partial charge in [0.1, 0.15) is 17.7 Å². The van der Waals surface area contributed by atoms with Crippen LogP contribution in [0.15, 0.2) is 72.4 Å². The van der Waals surface area contributed by atoms with Crippen LogP contribution in [0.3, 0.4) is 0 Å². The maximum Gasteiger partial charge on any atom is 0.137 e. The lowest BCUT2D eigenvalue weighted by atomic mass is 9.96. The average molecular weight is 283 g/mol. The molecule has 0 atom stereocenters. The maximum absolute atomic E-state index is 9.13. The summed E-state index contributed by atoms with van der Waals surface area (Å²) < 4.78 is 0. The van der Waals surface area contributed by atoms with Crippen molar-refractivity contribution in [2.24, 2.45) is 0 Å². The monoisotopic (exact) mass is 283 g/mol. The molecule has 3 nitrogen and oxygen atoms in total. The second-order valence-corrected chi connectivity index (χ2v) is 4.96. The van der Waals surface area contributed by atoms with E-state index in [1.165, 1.54) is 5.56 Å². The number of benzene rings is 2. The molecule has 0 saturated carbocycles. The van der Waals surface area contributed by atoms with Gasteiger partial charge in [0.05, 0.1) is 0 Å². The van der Waals surface area contributed by atoms with Gasteiger partial charge in [-0.15, -0.1) is 0 Å². The van der Waals surface area contributed by atoms with E-state index < -0.39 is 0 Å². The van der Waals surface area contributed by atoms with Crippen molar-refractivity contribution in [2.45, 2.75) is 6.54 Å². The number of nitriles is 2. The summed E-state index contributed by atoms with van der Waals surface area (Å²) >= 11 is 0. The van der Waals surface area contributed by atoms with Crippen LogP contribution in [-0.4, -0.2) is 0 Å². The Morgan fingerprint density at radius 1 is 0.909 bits per heavy atom. The van der Waals surface area contributed by atoms with Crippen molar-refractivity contribution in [3.05, 3.63) is 83.6 Å². The number of para-hydroxylation sites is 1. The van der Waals surface area contributed by atoms with E-state index in [0.717, 1.165) is 17.8 Å². The Kier molecular flexibility index (Phi) is 3.72. The van der Waals surface area contributed by atoms with Crippen molar-refractivity contribution in [3.63, 3.8) is 0 Å². The fourth-order valence-electron chi connectivity index (χ4n) is 2.57. The summed E-state index contributed by atoms with van der Waals surface area (Å²) in [7, 11) is 0. The van der Waals surface area contributed by atoms with E-state index in [2.05, 4.69) is 17.0 Å². The molecular formula is C19H13N3. The SMILES string of the molecule is N#CC(C#N)=C1C=CN(Cc2ccccc2)c2ccccc21. The normalized spacial score (nSPS) is 12.3. The summed E-state index contributed by atoms with van der Waals surface area (Å²) in [6, 6.07) is 22.0. The van der Waals surface area contributed by atoms with Gasteiger partial charge in [-0.25, -0.2) is 0 Å². The highest BCUT2D eigenvalue weighted by atomic mass is 15.1. The number of allylic oxidation sites excluding steroid dienone is 3. The fraction of sp³-hybridized carbons (Fsp3) is 0.0526. The molecule has 0 spiro atoms. The molecule has 104 valence electrons. The standard InChI is InChI=1S/C19H13N3/c20-12-16(13-21)17-10-11-22(14-15-6-2-1-3-7-15)19-9-5-4-8-18(17)19/h1-11H,14H2. The number of fused-ring (bicyclic) bond motifs is 1. The van der Waals surface area contributed by atoms with Crippen LogP contribution in [0.5, 0.6) is 0 Å². The van der Waals surface area contributed by atoms with E-state index in [9.17, 15) is 0 Å². The van der Waals surface area contributed by atoms with Crippen LogP contribution < -0.4 is 4.90 Å². The van der Waals surface area contributed by atoms with E-state index in [1.807, 2.05) is 66.9 Å². The predicted molar refractivity (Wildman–Crippen MR) is 86.4 cm³/mol. The molecule has 0 fully saturated rings. The number of anilines is 1. The van der Waals surface area contributed by atoms with Crippen LogP contribution >= 0.6 is 0 Å². The Balaban J connectivity index is 2.05. The van der Waals surface area contributed by atoms with E-state index in [-0.39, 0.29) is 5.57 Å². The number of rotatable bonds is 2. The molecule has 0 bridgehead atoms. The third-order valence-corrected chi connectivity index (χ3v) is 3.61. The largest absolute Gasteiger partial charge is 0.343 e. The highest BCUT2D eigenvalue weighted by molar-refractivity contribution is 5.90. The van der Waals surface area contributed by atoms with Gasteiger partial charge in [0.15, 0.2) is 0 Å². The topological polar surface area (TPSA) is 50.8 Å². The highest BCUT2D eigenvalue weighted by Gasteiger charge is 2.18. The molecule has 2 aromatic rings. The zero-order valence-electron chi connectivity index (χ0n) is 11.9. The van der Waals surface area contributed by atoms with Crippen molar-refractivity contribution < 1.29 is 0 Å². The molecule has 0 N–H and O–H groups in total. The molecule has 3 rings (SSSR count). The van der Waals surface area contributed by atoms with Crippen molar-refractivity contribution in [2.75, 3.05) is 4.90 Å². The smallest absolute Gasteiger partial charge is 0.137 e. The Labute approximate surface area is 129 Å². The van der Waals surface area contributed by atoms with E-state index >= 15 is 0 Å². The van der Waals surface area contributed by atoms with Gasteiger partial charge in [-0.2, -0.15) is 10.5 Å². The Hall–Kier alpha value is -3.30. The van der Waals surface area contributed by atoms with Gasteiger partial charge in [0, 0.05) is 29.6 Å². The van der Waals surface area contributed by atoms with Gasteiger partial charge in [0.2, 0.25) is 0 Å². The van der Waals surface area contributed by atoms with E-state index in [0.29, 0.717) is 5.57 Å². The molecule has 1 aliphatic rings. The minimum Gasteiger partial charge on any atom is -0.343 e. The summed E-state index contributed by atoms with van der Waals surface area (Å²) in [4.78, 5) is 2.13. The first-order valence-electron chi connectivity index (χ1n) is 6.96. The van der Waals surface area contributed by atoms with E-state index in [4.69, 9.17) is 10.5 Å². The zero-order valence-corrected chi connectivity index (χ0v) is 11.9. The van der Waals surface area contributed by atoms with Crippen LogP contribution in [0, 0.1) is 22.7 Å². The lowest BCUT2D eigenvalue weighted by molar-refractivity contribution is 0.960. The molecule has 0 radical (unpaired) electrons. The van der Waals surface area contributed by atoms with Gasteiger partial charge in [-0.3, -0.25) is 0 Å².